The number of hydrogen-bond acceptors (Lipinski definition) is 6. The number of rotatable bonds is 7. The molecule has 0 radical (unpaired) electrons. The zero-order valence-corrected chi connectivity index (χ0v) is 22.2. The van der Waals surface area contributed by atoms with Gasteiger partial charge in [-0.05, 0) is 57.2 Å². The first-order valence-corrected chi connectivity index (χ1v) is 12.3. The van der Waals surface area contributed by atoms with E-state index >= 15 is 0 Å². The van der Waals surface area contributed by atoms with Crippen LogP contribution in [-0.2, 0) is 25.2 Å². The van der Waals surface area contributed by atoms with E-state index in [-0.39, 0.29) is 11.4 Å². The quantitative estimate of drug-likeness (QED) is 0.340. The van der Waals surface area contributed by atoms with Crippen molar-refractivity contribution in [3.8, 4) is 0 Å². The standard InChI is InChI=1S/C27H35N9O/c1-18-11-19(7-8-20(18)14-31-26(37)21-15-32-36(17-21)27(2,3)4)23(28-5)13-24(29-6)33-25-12-22-16-30-9-10-35(22)34-25/h7-8,11-13,15,17,28,30H,6,9-10,14,16H2,1-5H3,(H,31,37). The Labute approximate surface area is 217 Å². The summed E-state index contributed by atoms with van der Waals surface area (Å²) in [6.45, 7) is 14.8. The SMILES string of the molecule is C=NC(C=C(NC)c1ccc(CNC(=O)c2cnn(C(C)(C)C)c2)c(C)c1)=Nc1cc2n(n1)CCNC2. The molecule has 10 heteroatoms. The number of nitrogens with one attached hydrogen (secondary N) is 3. The van der Waals surface area contributed by atoms with E-state index in [0.717, 1.165) is 47.7 Å². The Balaban J connectivity index is 1.47. The lowest BCUT2D eigenvalue weighted by Crippen LogP contribution is -2.28. The highest BCUT2D eigenvalue weighted by molar-refractivity contribution is 6.02. The summed E-state index contributed by atoms with van der Waals surface area (Å²) in [5, 5.41) is 18.4. The molecule has 0 fully saturated rings. The molecule has 0 saturated heterocycles. The summed E-state index contributed by atoms with van der Waals surface area (Å²) in [6, 6.07) is 8.06. The third-order valence-corrected chi connectivity index (χ3v) is 6.22. The number of amidine groups is 1. The number of carbonyl (C=O) groups is 1. The molecule has 10 nitrogen and oxygen atoms in total. The lowest BCUT2D eigenvalue weighted by atomic mass is 10.0. The minimum atomic E-state index is -0.176. The van der Waals surface area contributed by atoms with E-state index in [2.05, 4.69) is 48.9 Å². The predicted octanol–water partition coefficient (Wildman–Crippen LogP) is 3.17. The fourth-order valence-electron chi connectivity index (χ4n) is 4.04. The lowest BCUT2D eigenvalue weighted by Gasteiger charge is -2.18. The normalized spacial score (nSPS) is 14.3. The monoisotopic (exact) mass is 501 g/mol. The number of aliphatic imine (C=N–C) groups is 2. The zero-order chi connectivity index (χ0) is 26.6. The molecular weight excluding hydrogens is 466 g/mol. The first-order chi connectivity index (χ1) is 17.7. The van der Waals surface area contributed by atoms with E-state index in [4.69, 9.17) is 0 Å². The van der Waals surface area contributed by atoms with Crippen LogP contribution in [0.2, 0.25) is 0 Å². The Hall–Kier alpha value is -4.05. The average Bonchev–Trinajstić information content (AvgIpc) is 3.53. The van der Waals surface area contributed by atoms with Crippen molar-refractivity contribution in [1.82, 2.24) is 35.5 Å². The molecule has 1 aromatic carbocycles. The molecule has 3 aromatic rings. The first-order valence-electron chi connectivity index (χ1n) is 12.3. The maximum Gasteiger partial charge on any atom is 0.254 e. The Morgan fingerprint density at radius 2 is 2.08 bits per heavy atom. The third kappa shape index (κ3) is 6.21. The van der Waals surface area contributed by atoms with Crippen LogP contribution in [0.15, 0.2) is 52.7 Å². The predicted molar refractivity (Wildman–Crippen MR) is 147 cm³/mol. The van der Waals surface area contributed by atoms with E-state index in [1.807, 2.05) is 63.7 Å². The van der Waals surface area contributed by atoms with Crippen LogP contribution in [0, 0.1) is 6.92 Å². The molecule has 37 heavy (non-hydrogen) atoms. The first kappa shape index (κ1) is 26.0. The van der Waals surface area contributed by atoms with Gasteiger partial charge < -0.3 is 16.0 Å². The minimum absolute atomic E-state index is 0.149. The van der Waals surface area contributed by atoms with Gasteiger partial charge in [-0.25, -0.2) is 9.98 Å². The summed E-state index contributed by atoms with van der Waals surface area (Å²) >= 11 is 0. The van der Waals surface area contributed by atoms with E-state index < -0.39 is 0 Å². The summed E-state index contributed by atoms with van der Waals surface area (Å²) < 4.78 is 3.76. The van der Waals surface area contributed by atoms with E-state index in [0.29, 0.717) is 23.8 Å². The Morgan fingerprint density at radius 1 is 1.27 bits per heavy atom. The molecule has 1 aliphatic heterocycles. The summed E-state index contributed by atoms with van der Waals surface area (Å²) in [6.07, 6.45) is 5.23. The van der Waals surface area contributed by atoms with Crippen LogP contribution in [0.25, 0.3) is 5.70 Å². The largest absolute Gasteiger partial charge is 0.388 e. The van der Waals surface area contributed by atoms with Crippen LogP contribution in [0.3, 0.4) is 0 Å². The van der Waals surface area contributed by atoms with Gasteiger partial charge in [0.15, 0.2) is 11.7 Å². The van der Waals surface area contributed by atoms with Crippen molar-refractivity contribution in [1.29, 1.82) is 0 Å². The molecule has 0 atom stereocenters. The molecule has 3 N–H and O–H groups in total. The highest BCUT2D eigenvalue weighted by Gasteiger charge is 2.17. The van der Waals surface area contributed by atoms with Gasteiger partial charge in [0, 0.05) is 50.7 Å². The van der Waals surface area contributed by atoms with Crippen LogP contribution in [0.5, 0.6) is 0 Å². The van der Waals surface area contributed by atoms with Crippen molar-refractivity contribution >= 4 is 30.0 Å². The average molecular weight is 502 g/mol. The summed E-state index contributed by atoms with van der Waals surface area (Å²) in [5.41, 5.74) is 5.39. The Morgan fingerprint density at radius 3 is 2.73 bits per heavy atom. The van der Waals surface area contributed by atoms with Crippen LogP contribution >= 0.6 is 0 Å². The van der Waals surface area contributed by atoms with E-state index in [1.54, 1.807) is 17.1 Å². The second-order valence-electron chi connectivity index (χ2n) is 10.00. The van der Waals surface area contributed by atoms with Gasteiger partial charge >= 0.3 is 0 Å². The zero-order valence-electron chi connectivity index (χ0n) is 22.2. The van der Waals surface area contributed by atoms with Crippen LogP contribution in [-0.4, -0.2) is 51.6 Å². The van der Waals surface area contributed by atoms with Gasteiger partial charge in [-0.1, -0.05) is 12.1 Å². The van der Waals surface area contributed by atoms with Gasteiger partial charge in [0.25, 0.3) is 5.91 Å². The van der Waals surface area contributed by atoms with Crippen molar-refractivity contribution in [3.63, 3.8) is 0 Å². The van der Waals surface area contributed by atoms with Crippen LogP contribution in [0.1, 0.15) is 53.5 Å². The minimum Gasteiger partial charge on any atom is -0.388 e. The summed E-state index contributed by atoms with van der Waals surface area (Å²) in [4.78, 5) is 21.3. The molecule has 0 saturated carbocycles. The maximum atomic E-state index is 12.6. The molecular formula is C27H35N9O. The number of nitrogens with zero attached hydrogens (tertiary/aromatic N) is 6. The van der Waals surface area contributed by atoms with Gasteiger partial charge in [0.1, 0.15) is 0 Å². The Bertz CT molecular complexity index is 1330. The lowest BCUT2D eigenvalue weighted by molar-refractivity contribution is 0.0950. The molecule has 1 amide bonds. The molecule has 0 spiro atoms. The van der Waals surface area contributed by atoms with Gasteiger partial charge in [0.05, 0.1) is 29.5 Å². The second-order valence-corrected chi connectivity index (χ2v) is 10.00. The fourth-order valence-corrected chi connectivity index (χ4v) is 4.04. The smallest absolute Gasteiger partial charge is 0.254 e. The van der Waals surface area contributed by atoms with Crippen molar-refractivity contribution < 1.29 is 4.79 Å². The molecule has 2 aromatic heterocycles. The number of aryl methyl sites for hydroxylation is 1. The Kier molecular flexibility index (Phi) is 7.68. The van der Waals surface area contributed by atoms with Crippen LogP contribution < -0.4 is 16.0 Å². The molecule has 1 aliphatic rings. The second kappa shape index (κ2) is 10.9. The van der Waals surface area contributed by atoms with Gasteiger partial charge in [0.2, 0.25) is 0 Å². The number of carbonyl (C=O) groups excluding carboxylic acids is 1. The van der Waals surface area contributed by atoms with Gasteiger partial charge in [-0.2, -0.15) is 10.2 Å². The topological polar surface area (TPSA) is 114 Å². The highest BCUT2D eigenvalue weighted by atomic mass is 16.1. The molecule has 0 bridgehead atoms. The fraction of sp³-hybridized carbons (Fsp3) is 0.370. The van der Waals surface area contributed by atoms with E-state index in [1.165, 1.54) is 0 Å². The van der Waals surface area contributed by atoms with Gasteiger partial charge in [-0.3, -0.25) is 14.2 Å². The molecule has 194 valence electrons. The number of amides is 1. The van der Waals surface area contributed by atoms with Crippen molar-refractivity contribution in [2.75, 3.05) is 13.6 Å². The van der Waals surface area contributed by atoms with E-state index in [9.17, 15) is 4.79 Å². The summed E-state index contributed by atoms with van der Waals surface area (Å²) in [7, 11) is 1.86. The number of fused-ring (bicyclic) bond motifs is 1. The summed E-state index contributed by atoms with van der Waals surface area (Å²) in [5.74, 6) is 0.935. The maximum absolute atomic E-state index is 12.6. The van der Waals surface area contributed by atoms with Gasteiger partial charge in [-0.15, -0.1) is 0 Å². The third-order valence-electron chi connectivity index (χ3n) is 6.22. The number of aromatic nitrogens is 4. The highest BCUT2D eigenvalue weighted by Crippen LogP contribution is 2.20. The number of hydrogen-bond donors (Lipinski definition) is 3. The van der Waals surface area contributed by atoms with Crippen molar-refractivity contribution in [2.45, 2.75) is 52.9 Å². The van der Waals surface area contributed by atoms with Crippen molar-refractivity contribution in [2.24, 2.45) is 9.98 Å². The molecule has 4 rings (SSSR count). The molecule has 0 unspecified atom stereocenters. The van der Waals surface area contributed by atoms with Crippen molar-refractivity contribution in [3.05, 3.63) is 70.7 Å². The number of benzene rings is 1. The van der Waals surface area contributed by atoms with Crippen LogP contribution in [0.4, 0.5) is 5.82 Å². The molecule has 0 aliphatic carbocycles. The molecule has 3 heterocycles.